The third-order valence-electron chi connectivity index (χ3n) is 3.65. The summed E-state index contributed by atoms with van der Waals surface area (Å²) in [5, 5.41) is 4.03. The highest BCUT2D eigenvalue weighted by Gasteiger charge is 2.24. The first-order chi connectivity index (χ1) is 9.19. The summed E-state index contributed by atoms with van der Waals surface area (Å²) >= 11 is 0. The number of nitrogens with zero attached hydrogens (tertiary/aromatic N) is 4. The molecule has 5 heteroatoms. The van der Waals surface area contributed by atoms with Crippen LogP contribution in [0.5, 0.6) is 0 Å². The molecular weight excluding hydrogens is 240 g/mol. The molecule has 5 nitrogen and oxygen atoms in total. The lowest BCUT2D eigenvalue weighted by molar-refractivity contribution is 0.102. The number of likely N-dealkylation sites (tertiary alicyclic amines) is 1. The number of hydrogen-bond acceptors (Lipinski definition) is 5. The van der Waals surface area contributed by atoms with E-state index in [1.165, 1.54) is 19.3 Å². The van der Waals surface area contributed by atoms with E-state index in [-0.39, 0.29) is 0 Å². The van der Waals surface area contributed by atoms with Gasteiger partial charge in [-0.2, -0.15) is 4.98 Å². The Morgan fingerprint density at radius 3 is 2.95 bits per heavy atom. The van der Waals surface area contributed by atoms with Crippen molar-refractivity contribution in [3.8, 4) is 0 Å². The van der Waals surface area contributed by atoms with E-state index in [0.29, 0.717) is 6.04 Å². The van der Waals surface area contributed by atoms with Gasteiger partial charge in [-0.15, -0.1) is 0 Å². The SMILES string of the molecule is CCCc1noc(CN2CCCCC2CN(C)C)n1. The Labute approximate surface area is 116 Å². The Bertz CT molecular complexity index is 377. The van der Waals surface area contributed by atoms with Crippen molar-refractivity contribution in [2.75, 3.05) is 27.2 Å². The molecule has 0 amide bonds. The first-order valence-electron chi connectivity index (χ1n) is 7.39. The number of aromatic nitrogens is 2. The minimum Gasteiger partial charge on any atom is -0.338 e. The smallest absolute Gasteiger partial charge is 0.240 e. The van der Waals surface area contributed by atoms with Crippen molar-refractivity contribution < 1.29 is 4.52 Å². The average molecular weight is 266 g/mol. The zero-order valence-electron chi connectivity index (χ0n) is 12.4. The lowest BCUT2D eigenvalue weighted by atomic mass is 10.0. The minimum absolute atomic E-state index is 0.616. The van der Waals surface area contributed by atoms with Gasteiger partial charge in [0.05, 0.1) is 6.54 Å². The van der Waals surface area contributed by atoms with Gasteiger partial charge in [-0.05, 0) is 39.9 Å². The Kier molecular flexibility index (Phi) is 5.34. The molecule has 1 aromatic rings. The second-order valence-electron chi connectivity index (χ2n) is 5.74. The van der Waals surface area contributed by atoms with Crippen LogP contribution in [0, 0.1) is 0 Å². The summed E-state index contributed by atoms with van der Waals surface area (Å²) in [6.07, 6.45) is 5.85. The summed E-state index contributed by atoms with van der Waals surface area (Å²) in [5.74, 6) is 1.62. The molecule has 1 aliphatic rings. The maximum Gasteiger partial charge on any atom is 0.240 e. The van der Waals surface area contributed by atoms with Crippen LogP contribution >= 0.6 is 0 Å². The summed E-state index contributed by atoms with van der Waals surface area (Å²) in [6, 6.07) is 0.616. The third kappa shape index (κ3) is 4.28. The van der Waals surface area contributed by atoms with Gasteiger partial charge in [0, 0.05) is 19.0 Å². The molecule has 1 atom stereocenters. The van der Waals surface area contributed by atoms with Gasteiger partial charge in [0.25, 0.3) is 0 Å². The molecule has 2 heterocycles. The second-order valence-corrected chi connectivity index (χ2v) is 5.74. The highest BCUT2D eigenvalue weighted by atomic mass is 16.5. The van der Waals surface area contributed by atoms with Crippen LogP contribution in [0.25, 0.3) is 0 Å². The van der Waals surface area contributed by atoms with Crippen molar-refractivity contribution in [3.63, 3.8) is 0 Å². The molecule has 19 heavy (non-hydrogen) atoms. The lowest BCUT2D eigenvalue weighted by Gasteiger charge is -2.36. The van der Waals surface area contributed by atoms with Gasteiger partial charge >= 0.3 is 0 Å². The van der Waals surface area contributed by atoms with Crippen molar-refractivity contribution in [1.29, 1.82) is 0 Å². The topological polar surface area (TPSA) is 45.4 Å². The van der Waals surface area contributed by atoms with Crippen molar-refractivity contribution in [1.82, 2.24) is 19.9 Å². The highest BCUT2D eigenvalue weighted by molar-refractivity contribution is 4.89. The fraction of sp³-hybridized carbons (Fsp3) is 0.857. The Morgan fingerprint density at radius 1 is 1.37 bits per heavy atom. The molecule has 2 rings (SSSR count). The summed E-state index contributed by atoms with van der Waals surface area (Å²) < 4.78 is 5.36. The fourth-order valence-electron chi connectivity index (χ4n) is 2.75. The summed E-state index contributed by atoms with van der Waals surface area (Å²) in [7, 11) is 4.28. The van der Waals surface area contributed by atoms with Gasteiger partial charge in [0.1, 0.15) is 0 Å². The number of rotatable bonds is 6. The zero-order valence-corrected chi connectivity index (χ0v) is 12.4. The molecule has 1 aromatic heterocycles. The van der Waals surface area contributed by atoms with Crippen molar-refractivity contribution in [2.45, 2.75) is 51.6 Å². The molecule has 1 aliphatic heterocycles. The lowest BCUT2D eigenvalue weighted by Crippen LogP contribution is -2.44. The first kappa shape index (κ1) is 14.5. The van der Waals surface area contributed by atoms with Crippen LogP contribution in [0.4, 0.5) is 0 Å². The number of likely N-dealkylation sites (N-methyl/N-ethyl adjacent to an activating group) is 1. The van der Waals surface area contributed by atoms with E-state index in [1.807, 2.05) is 0 Å². The van der Waals surface area contributed by atoms with Gasteiger partial charge in [0.2, 0.25) is 5.89 Å². The normalized spacial score (nSPS) is 21.2. The van der Waals surface area contributed by atoms with Gasteiger partial charge < -0.3 is 9.42 Å². The monoisotopic (exact) mass is 266 g/mol. The quantitative estimate of drug-likeness (QED) is 0.787. The predicted molar refractivity (Wildman–Crippen MR) is 74.9 cm³/mol. The van der Waals surface area contributed by atoms with E-state index >= 15 is 0 Å². The maximum absolute atomic E-state index is 5.36. The van der Waals surface area contributed by atoms with Crippen molar-refractivity contribution in [3.05, 3.63) is 11.7 Å². The van der Waals surface area contributed by atoms with Crippen molar-refractivity contribution in [2.24, 2.45) is 0 Å². The molecule has 0 saturated carbocycles. The highest BCUT2D eigenvalue weighted by Crippen LogP contribution is 2.19. The average Bonchev–Trinajstić information content (AvgIpc) is 2.79. The third-order valence-corrected chi connectivity index (χ3v) is 3.65. The molecule has 0 radical (unpaired) electrons. The van der Waals surface area contributed by atoms with E-state index in [2.05, 4.69) is 41.0 Å². The van der Waals surface area contributed by atoms with Gasteiger partial charge in [-0.25, -0.2) is 0 Å². The molecule has 0 N–H and O–H groups in total. The standard InChI is InChI=1S/C14H26N4O/c1-4-7-13-15-14(19-16-13)11-18-9-6-5-8-12(18)10-17(2)3/h12H,4-11H2,1-3H3. The van der Waals surface area contributed by atoms with E-state index in [4.69, 9.17) is 4.52 Å². The van der Waals surface area contributed by atoms with Gasteiger partial charge in [-0.3, -0.25) is 4.90 Å². The second kappa shape index (κ2) is 7.01. The van der Waals surface area contributed by atoms with E-state index in [1.54, 1.807) is 0 Å². The van der Waals surface area contributed by atoms with Crippen LogP contribution in [-0.4, -0.2) is 53.2 Å². The van der Waals surface area contributed by atoms with Crippen LogP contribution in [0.15, 0.2) is 4.52 Å². The molecule has 1 unspecified atom stereocenters. The van der Waals surface area contributed by atoms with Crippen LogP contribution in [0.2, 0.25) is 0 Å². The van der Waals surface area contributed by atoms with Crippen LogP contribution < -0.4 is 0 Å². The number of aryl methyl sites for hydroxylation is 1. The fourth-order valence-corrected chi connectivity index (χ4v) is 2.75. The largest absolute Gasteiger partial charge is 0.338 e. The van der Waals surface area contributed by atoms with Crippen LogP contribution in [0.3, 0.4) is 0 Å². The predicted octanol–water partition coefficient (Wildman–Crippen LogP) is 1.94. The molecule has 1 saturated heterocycles. The Hall–Kier alpha value is -0.940. The Morgan fingerprint density at radius 2 is 2.21 bits per heavy atom. The van der Waals surface area contributed by atoms with Crippen LogP contribution in [-0.2, 0) is 13.0 Å². The molecule has 0 aromatic carbocycles. The minimum atomic E-state index is 0.616. The van der Waals surface area contributed by atoms with E-state index < -0.39 is 0 Å². The zero-order chi connectivity index (χ0) is 13.7. The van der Waals surface area contributed by atoms with Gasteiger partial charge in [0.15, 0.2) is 5.82 Å². The number of hydrogen-bond donors (Lipinski definition) is 0. The Balaban J connectivity index is 1.94. The maximum atomic E-state index is 5.36. The van der Waals surface area contributed by atoms with Crippen LogP contribution in [0.1, 0.15) is 44.3 Å². The van der Waals surface area contributed by atoms with E-state index in [9.17, 15) is 0 Å². The molecule has 108 valence electrons. The first-order valence-corrected chi connectivity index (χ1v) is 7.39. The number of piperidine rings is 1. The summed E-state index contributed by atoms with van der Waals surface area (Å²) in [4.78, 5) is 9.23. The molecule has 0 spiro atoms. The van der Waals surface area contributed by atoms with Crippen molar-refractivity contribution >= 4 is 0 Å². The van der Waals surface area contributed by atoms with Gasteiger partial charge in [-0.1, -0.05) is 18.5 Å². The van der Waals surface area contributed by atoms with E-state index in [0.717, 1.165) is 44.2 Å². The summed E-state index contributed by atoms with van der Waals surface area (Å²) in [5.41, 5.74) is 0. The molecule has 0 aliphatic carbocycles. The molecule has 1 fully saturated rings. The summed E-state index contributed by atoms with van der Waals surface area (Å²) in [6.45, 7) is 5.18. The molecular formula is C14H26N4O. The molecule has 0 bridgehead atoms.